The molecular formula is C18H16N4O4S. The first-order valence-corrected chi connectivity index (χ1v) is 9.74. The molecule has 0 spiro atoms. The molecule has 1 aliphatic rings. The summed E-state index contributed by atoms with van der Waals surface area (Å²) in [5, 5.41) is 0. The highest BCUT2D eigenvalue weighted by molar-refractivity contribution is 7.92. The van der Waals surface area contributed by atoms with Crippen molar-refractivity contribution in [1.29, 1.82) is 0 Å². The Labute approximate surface area is 156 Å². The largest absolute Gasteiger partial charge is 0.490 e. The van der Waals surface area contributed by atoms with Gasteiger partial charge in [-0.3, -0.25) is 4.72 Å². The van der Waals surface area contributed by atoms with E-state index in [1.54, 1.807) is 36.8 Å². The summed E-state index contributed by atoms with van der Waals surface area (Å²) in [6, 6.07) is 7.87. The van der Waals surface area contributed by atoms with Gasteiger partial charge in [-0.15, -0.1) is 0 Å². The minimum atomic E-state index is -3.81. The van der Waals surface area contributed by atoms with Gasteiger partial charge in [0, 0.05) is 42.2 Å². The van der Waals surface area contributed by atoms with Crippen LogP contribution in [0.5, 0.6) is 11.5 Å². The molecule has 0 aliphatic carbocycles. The van der Waals surface area contributed by atoms with Crippen LogP contribution in [0.1, 0.15) is 6.42 Å². The molecule has 3 aromatic rings. The fourth-order valence-corrected chi connectivity index (χ4v) is 3.60. The van der Waals surface area contributed by atoms with Crippen LogP contribution in [0.15, 0.2) is 60.1 Å². The molecule has 9 heteroatoms. The van der Waals surface area contributed by atoms with Crippen LogP contribution < -0.4 is 14.2 Å². The Kier molecular flexibility index (Phi) is 4.59. The van der Waals surface area contributed by atoms with Gasteiger partial charge in [-0.25, -0.2) is 23.4 Å². The number of pyridine rings is 1. The van der Waals surface area contributed by atoms with E-state index in [9.17, 15) is 8.42 Å². The normalized spacial score (nSPS) is 13.6. The summed E-state index contributed by atoms with van der Waals surface area (Å²) in [5.41, 5.74) is 1.58. The molecule has 1 N–H and O–H groups in total. The van der Waals surface area contributed by atoms with Crippen molar-refractivity contribution in [3.8, 4) is 22.6 Å². The van der Waals surface area contributed by atoms with E-state index in [2.05, 4.69) is 19.7 Å². The highest BCUT2D eigenvalue weighted by atomic mass is 32.2. The molecule has 2 aromatic heterocycles. The van der Waals surface area contributed by atoms with Crippen molar-refractivity contribution in [3.63, 3.8) is 0 Å². The SMILES string of the molecule is O=S(=O)(Nc1ccc(-c2cncnc2)cn1)c1ccc2c(c1)OCCCO2. The molecule has 0 bridgehead atoms. The zero-order chi connectivity index (χ0) is 18.7. The van der Waals surface area contributed by atoms with E-state index in [0.717, 1.165) is 17.5 Å². The maximum atomic E-state index is 12.7. The summed E-state index contributed by atoms with van der Waals surface area (Å²) in [6.45, 7) is 1.02. The first kappa shape index (κ1) is 17.2. The number of aromatic nitrogens is 3. The number of hydrogen-bond donors (Lipinski definition) is 1. The van der Waals surface area contributed by atoms with Gasteiger partial charge in [0.05, 0.1) is 18.1 Å². The first-order valence-electron chi connectivity index (χ1n) is 8.26. The average Bonchev–Trinajstić information content (AvgIpc) is 2.94. The van der Waals surface area contributed by atoms with E-state index in [1.165, 1.54) is 18.5 Å². The third kappa shape index (κ3) is 3.82. The van der Waals surface area contributed by atoms with Crippen molar-refractivity contribution in [2.45, 2.75) is 11.3 Å². The lowest BCUT2D eigenvalue weighted by Crippen LogP contribution is -2.14. The third-order valence-corrected chi connectivity index (χ3v) is 5.28. The van der Waals surface area contributed by atoms with Gasteiger partial charge in [-0.1, -0.05) is 0 Å². The maximum Gasteiger partial charge on any atom is 0.263 e. The second kappa shape index (κ2) is 7.20. The van der Waals surface area contributed by atoms with Crippen molar-refractivity contribution in [2.24, 2.45) is 0 Å². The number of fused-ring (bicyclic) bond motifs is 1. The molecule has 138 valence electrons. The van der Waals surface area contributed by atoms with E-state index in [0.29, 0.717) is 24.7 Å². The van der Waals surface area contributed by atoms with Gasteiger partial charge in [0.25, 0.3) is 10.0 Å². The van der Waals surface area contributed by atoms with Crippen LogP contribution in [0.4, 0.5) is 5.82 Å². The number of sulfonamides is 1. The molecule has 1 aliphatic heterocycles. The summed E-state index contributed by atoms with van der Waals surface area (Å²) in [6.07, 6.45) is 7.06. The lowest BCUT2D eigenvalue weighted by molar-refractivity contribution is 0.297. The predicted molar refractivity (Wildman–Crippen MR) is 98.1 cm³/mol. The van der Waals surface area contributed by atoms with Crippen molar-refractivity contribution in [1.82, 2.24) is 15.0 Å². The summed E-state index contributed by atoms with van der Waals surface area (Å²) in [5.74, 6) is 1.17. The molecule has 3 heterocycles. The Balaban J connectivity index is 1.56. The predicted octanol–water partition coefficient (Wildman–Crippen LogP) is 2.50. The topological polar surface area (TPSA) is 103 Å². The number of ether oxygens (including phenoxy) is 2. The quantitative estimate of drug-likeness (QED) is 0.737. The fraction of sp³-hybridized carbons (Fsp3) is 0.167. The minimum absolute atomic E-state index is 0.0779. The van der Waals surface area contributed by atoms with Crippen molar-refractivity contribution in [2.75, 3.05) is 17.9 Å². The van der Waals surface area contributed by atoms with Crippen LogP contribution in [0.25, 0.3) is 11.1 Å². The number of hydrogen-bond acceptors (Lipinski definition) is 7. The van der Waals surface area contributed by atoms with Crippen LogP contribution >= 0.6 is 0 Å². The van der Waals surface area contributed by atoms with E-state index < -0.39 is 10.0 Å². The standard InChI is InChI=1S/C18H16N4O4S/c23-27(24,15-3-4-16-17(8-15)26-7-1-6-25-16)22-18-5-2-13(11-21-18)14-9-19-12-20-10-14/h2-5,8-12H,1,6-7H2,(H,21,22). The van der Waals surface area contributed by atoms with Gasteiger partial charge >= 0.3 is 0 Å². The Morgan fingerprint density at radius 2 is 1.67 bits per heavy atom. The zero-order valence-electron chi connectivity index (χ0n) is 14.2. The molecule has 0 atom stereocenters. The molecule has 1 aromatic carbocycles. The van der Waals surface area contributed by atoms with Crippen molar-refractivity contribution >= 4 is 15.8 Å². The van der Waals surface area contributed by atoms with Crippen molar-refractivity contribution in [3.05, 3.63) is 55.2 Å². The number of rotatable bonds is 4. The number of anilines is 1. The molecule has 0 radical (unpaired) electrons. The molecule has 4 rings (SSSR count). The third-order valence-electron chi connectivity index (χ3n) is 3.93. The number of nitrogens with one attached hydrogen (secondary N) is 1. The Hall–Kier alpha value is -3.20. The van der Waals surface area contributed by atoms with Gasteiger partial charge in [-0.2, -0.15) is 0 Å². The first-order chi connectivity index (χ1) is 13.1. The van der Waals surface area contributed by atoms with Gasteiger partial charge < -0.3 is 9.47 Å². The summed E-state index contributed by atoms with van der Waals surface area (Å²) >= 11 is 0. The molecular weight excluding hydrogens is 368 g/mol. The fourth-order valence-electron chi connectivity index (χ4n) is 2.58. The lowest BCUT2D eigenvalue weighted by Gasteiger charge is -2.11. The van der Waals surface area contributed by atoms with Crippen LogP contribution in [0, 0.1) is 0 Å². The van der Waals surface area contributed by atoms with Crippen LogP contribution in [-0.2, 0) is 10.0 Å². The van der Waals surface area contributed by atoms with E-state index >= 15 is 0 Å². The van der Waals surface area contributed by atoms with Gasteiger partial charge in [-0.05, 0) is 24.3 Å². The van der Waals surface area contributed by atoms with Crippen LogP contribution in [-0.4, -0.2) is 36.6 Å². The van der Waals surface area contributed by atoms with E-state index in [4.69, 9.17) is 9.47 Å². The molecule has 0 saturated carbocycles. The molecule has 0 saturated heterocycles. The van der Waals surface area contributed by atoms with E-state index in [-0.39, 0.29) is 10.7 Å². The molecule has 27 heavy (non-hydrogen) atoms. The minimum Gasteiger partial charge on any atom is -0.490 e. The van der Waals surface area contributed by atoms with Crippen LogP contribution in [0.2, 0.25) is 0 Å². The number of benzene rings is 1. The summed E-state index contributed by atoms with van der Waals surface area (Å²) in [4.78, 5) is 12.1. The van der Waals surface area contributed by atoms with Gasteiger partial charge in [0.15, 0.2) is 11.5 Å². The molecule has 0 fully saturated rings. The molecule has 0 amide bonds. The van der Waals surface area contributed by atoms with Crippen molar-refractivity contribution < 1.29 is 17.9 Å². The highest BCUT2D eigenvalue weighted by Gasteiger charge is 2.19. The van der Waals surface area contributed by atoms with E-state index in [1.807, 2.05) is 0 Å². The Bertz CT molecular complexity index is 1040. The second-order valence-electron chi connectivity index (χ2n) is 5.82. The Morgan fingerprint density at radius 3 is 2.41 bits per heavy atom. The highest BCUT2D eigenvalue weighted by Crippen LogP contribution is 2.32. The monoisotopic (exact) mass is 384 g/mol. The van der Waals surface area contributed by atoms with Crippen LogP contribution in [0.3, 0.4) is 0 Å². The second-order valence-corrected chi connectivity index (χ2v) is 7.51. The molecule has 8 nitrogen and oxygen atoms in total. The van der Waals surface area contributed by atoms with Gasteiger partial charge in [0.1, 0.15) is 12.1 Å². The van der Waals surface area contributed by atoms with Gasteiger partial charge in [0.2, 0.25) is 0 Å². The average molecular weight is 384 g/mol. The summed E-state index contributed by atoms with van der Waals surface area (Å²) < 4.78 is 38.9. The smallest absolute Gasteiger partial charge is 0.263 e. The lowest BCUT2D eigenvalue weighted by atomic mass is 10.1. The molecule has 0 unspecified atom stereocenters. The zero-order valence-corrected chi connectivity index (χ0v) is 15.0. The number of nitrogens with zero attached hydrogens (tertiary/aromatic N) is 3. The Morgan fingerprint density at radius 1 is 0.889 bits per heavy atom. The summed E-state index contributed by atoms with van der Waals surface area (Å²) in [7, 11) is -3.81. The maximum absolute atomic E-state index is 12.7.